The van der Waals surface area contributed by atoms with Crippen LogP contribution in [0.1, 0.15) is 55.1 Å². The molecule has 1 aromatic rings. The number of aromatic nitrogens is 2. The highest BCUT2D eigenvalue weighted by molar-refractivity contribution is 5.92. The van der Waals surface area contributed by atoms with Crippen LogP contribution in [0.2, 0.25) is 0 Å². The van der Waals surface area contributed by atoms with Crippen LogP contribution in [0, 0.1) is 5.92 Å². The van der Waals surface area contributed by atoms with Crippen LogP contribution in [-0.4, -0.2) is 41.0 Å². The van der Waals surface area contributed by atoms with Gasteiger partial charge < -0.3 is 10.6 Å². The lowest BCUT2D eigenvalue weighted by atomic mass is 9.85. The molecule has 3 rings (SSSR count). The molecule has 1 saturated heterocycles. The van der Waals surface area contributed by atoms with Crippen molar-refractivity contribution in [1.82, 2.24) is 20.4 Å². The zero-order valence-electron chi connectivity index (χ0n) is 13.5. The molecule has 3 atom stereocenters. The number of halogens is 3. The van der Waals surface area contributed by atoms with E-state index < -0.39 is 18.1 Å². The van der Waals surface area contributed by atoms with Crippen molar-refractivity contribution in [1.29, 1.82) is 0 Å². The molecule has 1 amide bonds. The SMILES string of the molecule is O=C(NC1CCCC(C(F)(F)F)C1)c1ccn(C2CCCNC2)n1. The number of carbonyl (C=O) groups excluding carboxylic acids is 1. The number of alkyl halides is 3. The van der Waals surface area contributed by atoms with Gasteiger partial charge in [-0.3, -0.25) is 9.48 Å². The fraction of sp³-hybridized carbons (Fsp3) is 0.750. The summed E-state index contributed by atoms with van der Waals surface area (Å²) in [6.07, 6.45) is 0.841. The van der Waals surface area contributed by atoms with E-state index in [1.165, 1.54) is 0 Å². The van der Waals surface area contributed by atoms with Crippen molar-refractivity contribution in [3.05, 3.63) is 18.0 Å². The summed E-state index contributed by atoms with van der Waals surface area (Å²) in [4.78, 5) is 12.3. The first-order valence-corrected chi connectivity index (χ1v) is 8.57. The summed E-state index contributed by atoms with van der Waals surface area (Å²) < 4.78 is 40.3. The first-order valence-electron chi connectivity index (χ1n) is 8.57. The lowest BCUT2D eigenvalue weighted by molar-refractivity contribution is -0.183. The van der Waals surface area contributed by atoms with Gasteiger partial charge in [0.2, 0.25) is 0 Å². The molecule has 1 saturated carbocycles. The summed E-state index contributed by atoms with van der Waals surface area (Å²) >= 11 is 0. The number of nitrogens with one attached hydrogen (secondary N) is 2. The maximum atomic E-state index is 12.8. The third-order valence-corrected chi connectivity index (χ3v) is 4.96. The molecule has 24 heavy (non-hydrogen) atoms. The van der Waals surface area contributed by atoms with Gasteiger partial charge in [0, 0.05) is 18.8 Å². The Balaban J connectivity index is 1.58. The van der Waals surface area contributed by atoms with Crippen molar-refractivity contribution in [2.75, 3.05) is 13.1 Å². The van der Waals surface area contributed by atoms with E-state index in [-0.39, 0.29) is 30.5 Å². The van der Waals surface area contributed by atoms with Crippen molar-refractivity contribution in [2.24, 2.45) is 5.92 Å². The van der Waals surface area contributed by atoms with Gasteiger partial charge in [0.05, 0.1) is 12.0 Å². The van der Waals surface area contributed by atoms with Crippen molar-refractivity contribution in [3.63, 3.8) is 0 Å². The second kappa shape index (κ2) is 7.13. The maximum absolute atomic E-state index is 12.8. The minimum Gasteiger partial charge on any atom is -0.348 e. The molecule has 2 N–H and O–H groups in total. The Bertz CT molecular complexity index is 566. The molecule has 1 aliphatic heterocycles. The normalized spacial score (nSPS) is 28.5. The topological polar surface area (TPSA) is 59.0 Å². The summed E-state index contributed by atoms with van der Waals surface area (Å²) in [5.74, 6) is -1.70. The third kappa shape index (κ3) is 4.09. The standard InChI is InChI=1S/C16H23F3N4O/c17-16(18,19)11-3-1-4-12(9-11)21-15(24)14-6-8-23(22-14)13-5-2-7-20-10-13/h6,8,11-13,20H,1-5,7,9-10H2,(H,21,24). The molecule has 3 unspecified atom stereocenters. The monoisotopic (exact) mass is 344 g/mol. The molecule has 8 heteroatoms. The van der Waals surface area contributed by atoms with Crippen molar-refractivity contribution in [3.8, 4) is 0 Å². The predicted molar refractivity (Wildman–Crippen MR) is 82.6 cm³/mol. The third-order valence-electron chi connectivity index (χ3n) is 4.96. The van der Waals surface area contributed by atoms with Gasteiger partial charge in [-0.2, -0.15) is 18.3 Å². The molecule has 2 aliphatic rings. The molecule has 0 bridgehead atoms. The van der Waals surface area contributed by atoms with Crippen molar-refractivity contribution >= 4 is 5.91 Å². The molecule has 2 heterocycles. The second-order valence-electron chi connectivity index (χ2n) is 6.76. The fourth-order valence-corrected chi connectivity index (χ4v) is 3.60. The Kier molecular flexibility index (Phi) is 5.12. The molecular weight excluding hydrogens is 321 g/mol. The zero-order chi connectivity index (χ0) is 17.2. The minimum absolute atomic E-state index is 0.0392. The Morgan fingerprint density at radius 1 is 1.29 bits per heavy atom. The van der Waals surface area contributed by atoms with Crippen LogP contribution >= 0.6 is 0 Å². The van der Waals surface area contributed by atoms with Gasteiger partial charge in [-0.15, -0.1) is 0 Å². The van der Waals surface area contributed by atoms with Gasteiger partial charge in [-0.25, -0.2) is 0 Å². The number of rotatable bonds is 3. The number of piperidine rings is 1. The van der Waals surface area contributed by atoms with Crippen LogP contribution in [0.5, 0.6) is 0 Å². The van der Waals surface area contributed by atoms with E-state index >= 15 is 0 Å². The van der Waals surface area contributed by atoms with Crippen LogP contribution < -0.4 is 10.6 Å². The van der Waals surface area contributed by atoms with E-state index in [9.17, 15) is 18.0 Å². The van der Waals surface area contributed by atoms with E-state index in [1.54, 1.807) is 16.9 Å². The van der Waals surface area contributed by atoms with E-state index in [0.29, 0.717) is 12.8 Å². The number of amides is 1. The van der Waals surface area contributed by atoms with Gasteiger partial charge >= 0.3 is 6.18 Å². The Hall–Kier alpha value is -1.57. The molecule has 2 fully saturated rings. The summed E-state index contributed by atoms with van der Waals surface area (Å²) in [5.41, 5.74) is 0.273. The van der Waals surface area contributed by atoms with Crippen LogP contribution in [0.4, 0.5) is 13.2 Å². The lowest BCUT2D eigenvalue weighted by Crippen LogP contribution is -2.41. The minimum atomic E-state index is -4.18. The summed E-state index contributed by atoms with van der Waals surface area (Å²) in [6.45, 7) is 1.81. The van der Waals surface area contributed by atoms with Gasteiger partial charge in [-0.05, 0) is 44.7 Å². The highest BCUT2D eigenvalue weighted by Crippen LogP contribution is 2.37. The van der Waals surface area contributed by atoms with E-state index in [2.05, 4.69) is 15.7 Å². The first-order chi connectivity index (χ1) is 11.4. The highest BCUT2D eigenvalue weighted by atomic mass is 19.4. The average Bonchev–Trinajstić information content (AvgIpc) is 3.05. The van der Waals surface area contributed by atoms with Gasteiger partial charge in [0.25, 0.3) is 5.91 Å². The average molecular weight is 344 g/mol. The Labute approximate surface area is 139 Å². The number of hydrogen-bond donors (Lipinski definition) is 2. The molecular formula is C16H23F3N4O. The highest BCUT2D eigenvalue weighted by Gasteiger charge is 2.42. The van der Waals surface area contributed by atoms with E-state index in [0.717, 1.165) is 25.9 Å². The van der Waals surface area contributed by atoms with E-state index in [4.69, 9.17) is 0 Å². The predicted octanol–water partition coefficient (Wildman–Crippen LogP) is 2.66. The molecule has 0 radical (unpaired) electrons. The van der Waals surface area contributed by atoms with Gasteiger partial charge in [0.1, 0.15) is 5.69 Å². The van der Waals surface area contributed by atoms with E-state index in [1.807, 2.05) is 0 Å². The quantitative estimate of drug-likeness (QED) is 0.886. The van der Waals surface area contributed by atoms with Crippen molar-refractivity contribution in [2.45, 2.75) is 56.8 Å². The molecule has 1 aromatic heterocycles. The number of nitrogens with zero attached hydrogens (tertiary/aromatic N) is 2. The maximum Gasteiger partial charge on any atom is 0.391 e. The fourth-order valence-electron chi connectivity index (χ4n) is 3.60. The zero-order valence-corrected chi connectivity index (χ0v) is 13.5. The first kappa shape index (κ1) is 17.3. The van der Waals surface area contributed by atoms with Crippen LogP contribution in [0.15, 0.2) is 12.3 Å². The summed E-state index contributed by atoms with van der Waals surface area (Å²) in [5, 5.41) is 10.3. The molecule has 134 valence electrons. The second-order valence-corrected chi connectivity index (χ2v) is 6.76. The van der Waals surface area contributed by atoms with Crippen LogP contribution in [0.3, 0.4) is 0 Å². The van der Waals surface area contributed by atoms with Gasteiger partial charge in [-0.1, -0.05) is 6.42 Å². The molecule has 0 aromatic carbocycles. The summed E-state index contributed by atoms with van der Waals surface area (Å²) in [7, 11) is 0. The largest absolute Gasteiger partial charge is 0.391 e. The lowest BCUT2D eigenvalue weighted by Gasteiger charge is -2.30. The number of hydrogen-bond acceptors (Lipinski definition) is 3. The van der Waals surface area contributed by atoms with Gasteiger partial charge in [0.15, 0.2) is 0 Å². The van der Waals surface area contributed by atoms with Crippen LogP contribution in [0.25, 0.3) is 0 Å². The van der Waals surface area contributed by atoms with Crippen LogP contribution in [-0.2, 0) is 0 Å². The molecule has 1 aliphatic carbocycles. The number of carbonyl (C=O) groups is 1. The Morgan fingerprint density at radius 3 is 2.83 bits per heavy atom. The molecule has 5 nitrogen and oxygen atoms in total. The summed E-state index contributed by atoms with van der Waals surface area (Å²) in [6, 6.07) is 1.43. The molecule has 0 spiro atoms. The Morgan fingerprint density at radius 2 is 2.12 bits per heavy atom. The smallest absolute Gasteiger partial charge is 0.348 e. The van der Waals surface area contributed by atoms with Crippen molar-refractivity contribution < 1.29 is 18.0 Å².